The van der Waals surface area contributed by atoms with Crippen LogP contribution in [-0.4, -0.2) is 27.5 Å². The molecule has 7 nitrogen and oxygen atoms in total. The van der Waals surface area contributed by atoms with Crippen molar-refractivity contribution in [2.24, 2.45) is 5.92 Å². The van der Waals surface area contributed by atoms with E-state index in [4.69, 9.17) is 11.6 Å². The van der Waals surface area contributed by atoms with Crippen LogP contribution in [0.2, 0.25) is 5.02 Å². The molecule has 3 amide bonds. The summed E-state index contributed by atoms with van der Waals surface area (Å²) in [5.74, 6) is -3.16. The van der Waals surface area contributed by atoms with Crippen LogP contribution in [0.25, 0.3) is 0 Å². The SMILES string of the molecule is Cc1cccc(NC(=O)Cn2c3c(sc2=O)[C@@H](c2ccc(Cl)cc2)[C@@H]2C(=O)N(c4ccc(F)cc4)C(=O)[C@@H]2S3)c1. The maximum absolute atomic E-state index is 13.8. The largest absolute Gasteiger partial charge is 0.325 e. The van der Waals surface area contributed by atoms with Crippen LogP contribution in [0.5, 0.6) is 0 Å². The average molecular weight is 594 g/mol. The molecule has 202 valence electrons. The third-order valence-electron chi connectivity index (χ3n) is 6.97. The van der Waals surface area contributed by atoms with E-state index in [1.165, 1.54) is 28.8 Å². The van der Waals surface area contributed by atoms with Crippen molar-refractivity contribution < 1.29 is 18.8 Å². The molecule has 0 radical (unpaired) electrons. The first-order chi connectivity index (χ1) is 19.2. The first-order valence-corrected chi connectivity index (χ1v) is 14.4. The maximum atomic E-state index is 13.8. The van der Waals surface area contributed by atoms with Gasteiger partial charge in [0.05, 0.1) is 16.6 Å². The van der Waals surface area contributed by atoms with Crippen molar-refractivity contribution >= 4 is 63.8 Å². The third kappa shape index (κ3) is 4.66. The normalized spacial score (nSPS) is 19.9. The van der Waals surface area contributed by atoms with Crippen LogP contribution in [0, 0.1) is 18.7 Å². The number of nitrogens with zero attached hydrogens (tertiary/aromatic N) is 2. The maximum Gasteiger partial charge on any atom is 0.308 e. The Morgan fingerprint density at radius 3 is 2.42 bits per heavy atom. The minimum atomic E-state index is -0.842. The molecule has 1 fully saturated rings. The summed E-state index contributed by atoms with van der Waals surface area (Å²) in [6.45, 7) is 1.66. The lowest BCUT2D eigenvalue weighted by molar-refractivity contribution is -0.122. The number of carbonyl (C=O) groups excluding carboxylic acids is 3. The third-order valence-corrected chi connectivity index (χ3v) is 9.82. The van der Waals surface area contributed by atoms with E-state index < -0.39 is 34.7 Å². The fourth-order valence-electron chi connectivity index (χ4n) is 5.20. The summed E-state index contributed by atoms with van der Waals surface area (Å²) >= 11 is 8.22. The number of hydrogen-bond donors (Lipinski definition) is 1. The highest BCUT2D eigenvalue weighted by Crippen LogP contribution is 2.53. The summed E-state index contributed by atoms with van der Waals surface area (Å²) < 4.78 is 15.0. The number of aryl methyl sites for hydroxylation is 1. The number of thiazole rings is 1. The number of nitrogens with one attached hydrogen (secondary N) is 1. The molecule has 0 spiro atoms. The van der Waals surface area contributed by atoms with Gasteiger partial charge in [0.2, 0.25) is 17.7 Å². The molecule has 4 aromatic rings. The number of thioether (sulfide) groups is 1. The Morgan fingerprint density at radius 2 is 1.73 bits per heavy atom. The number of aromatic nitrogens is 1. The van der Waals surface area contributed by atoms with Gasteiger partial charge in [0.1, 0.15) is 17.6 Å². The van der Waals surface area contributed by atoms with E-state index in [2.05, 4.69) is 5.32 Å². The molecular weight excluding hydrogens is 573 g/mol. The number of fused-ring (bicyclic) bond motifs is 2. The summed E-state index contributed by atoms with van der Waals surface area (Å²) in [7, 11) is 0. The van der Waals surface area contributed by atoms with Crippen LogP contribution >= 0.6 is 34.7 Å². The standard InChI is InChI=1S/C29H21ClFN3O4S2/c1-15-3-2-4-19(13-15)32-21(35)14-33-28-25(40-29(33)38)22(16-5-7-17(30)8-6-16)23-24(39-28)27(37)34(26(23)36)20-11-9-18(31)10-12-20/h2-13,22-24H,14H2,1H3,(H,32,35)/t22-,23-,24+/m0/s1. The van der Waals surface area contributed by atoms with E-state index in [0.29, 0.717) is 20.6 Å². The molecule has 3 atom stereocenters. The Morgan fingerprint density at radius 1 is 1.00 bits per heavy atom. The molecule has 0 unspecified atom stereocenters. The van der Waals surface area contributed by atoms with Crippen molar-refractivity contribution in [3.8, 4) is 0 Å². The lowest BCUT2D eigenvalue weighted by Gasteiger charge is -2.30. The fourth-order valence-corrected chi connectivity index (χ4v) is 8.10. The smallest absolute Gasteiger partial charge is 0.308 e. The second kappa shape index (κ2) is 10.3. The van der Waals surface area contributed by atoms with Crippen LogP contribution < -0.4 is 15.1 Å². The van der Waals surface area contributed by atoms with Crippen LogP contribution in [0.1, 0.15) is 21.9 Å². The molecule has 3 heterocycles. The molecule has 40 heavy (non-hydrogen) atoms. The quantitative estimate of drug-likeness (QED) is 0.311. The highest BCUT2D eigenvalue weighted by atomic mass is 35.5. The minimum absolute atomic E-state index is 0.250. The van der Waals surface area contributed by atoms with Gasteiger partial charge >= 0.3 is 4.87 Å². The zero-order valence-corrected chi connectivity index (χ0v) is 23.4. The first-order valence-electron chi connectivity index (χ1n) is 12.4. The molecule has 2 aliphatic heterocycles. The van der Waals surface area contributed by atoms with Gasteiger partial charge < -0.3 is 5.32 Å². The van der Waals surface area contributed by atoms with Crippen molar-refractivity contribution in [3.05, 3.63) is 109 Å². The monoisotopic (exact) mass is 593 g/mol. The topological polar surface area (TPSA) is 88.5 Å². The fraction of sp³-hybridized carbons (Fsp3) is 0.172. The number of rotatable bonds is 5. The van der Waals surface area contributed by atoms with Gasteiger partial charge in [0.25, 0.3) is 0 Å². The molecule has 1 N–H and O–H groups in total. The van der Waals surface area contributed by atoms with Gasteiger partial charge in [0, 0.05) is 21.5 Å². The van der Waals surface area contributed by atoms with Crippen molar-refractivity contribution in [1.29, 1.82) is 0 Å². The molecule has 11 heteroatoms. The van der Waals surface area contributed by atoms with Crippen LogP contribution in [-0.2, 0) is 20.9 Å². The number of amides is 3. The molecule has 0 bridgehead atoms. The number of imide groups is 1. The van der Waals surface area contributed by atoms with Gasteiger partial charge in [0.15, 0.2) is 0 Å². The molecule has 0 saturated carbocycles. The van der Waals surface area contributed by atoms with E-state index in [9.17, 15) is 23.6 Å². The van der Waals surface area contributed by atoms with Gasteiger partial charge in [-0.3, -0.25) is 23.7 Å². The van der Waals surface area contributed by atoms with Crippen LogP contribution in [0.4, 0.5) is 15.8 Å². The Hall–Kier alpha value is -3.73. The van der Waals surface area contributed by atoms with Crippen molar-refractivity contribution in [3.63, 3.8) is 0 Å². The molecule has 2 aliphatic rings. The Labute approximate surface area is 241 Å². The predicted molar refractivity (Wildman–Crippen MR) is 154 cm³/mol. The number of carbonyl (C=O) groups is 3. The van der Waals surface area contributed by atoms with E-state index >= 15 is 0 Å². The first kappa shape index (κ1) is 26.5. The molecule has 3 aromatic carbocycles. The summed E-state index contributed by atoms with van der Waals surface area (Å²) in [5.41, 5.74) is 2.59. The number of hydrogen-bond acceptors (Lipinski definition) is 6. The molecular formula is C29H21ClFN3O4S2. The van der Waals surface area contributed by atoms with Crippen LogP contribution in [0.3, 0.4) is 0 Å². The minimum Gasteiger partial charge on any atom is -0.325 e. The second-order valence-corrected chi connectivity index (χ2v) is 12.2. The highest BCUT2D eigenvalue weighted by molar-refractivity contribution is 8.00. The van der Waals surface area contributed by atoms with Crippen molar-refractivity contribution in [2.45, 2.75) is 29.7 Å². The van der Waals surface area contributed by atoms with Crippen molar-refractivity contribution in [1.82, 2.24) is 4.57 Å². The lowest BCUT2D eigenvalue weighted by atomic mass is 9.83. The Bertz CT molecular complexity index is 1720. The van der Waals surface area contributed by atoms with Gasteiger partial charge in [-0.05, 0) is 66.6 Å². The Kier molecular flexibility index (Phi) is 6.85. The van der Waals surface area contributed by atoms with E-state index in [1.54, 1.807) is 30.3 Å². The summed E-state index contributed by atoms with van der Waals surface area (Å²) in [4.78, 5) is 55.1. The molecule has 0 aliphatic carbocycles. The Balaban J connectivity index is 1.41. The highest BCUT2D eigenvalue weighted by Gasteiger charge is 2.56. The zero-order valence-electron chi connectivity index (χ0n) is 21.0. The number of benzene rings is 3. The van der Waals surface area contributed by atoms with E-state index in [-0.39, 0.29) is 23.0 Å². The van der Waals surface area contributed by atoms with Gasteiger partial charge in [-0.15, -0.1) is 0 Å². The lowest BCUT2D eigenvalue weighted by Crippen LogP contribution is -2.33. The molecule has 1 saturated heterocycles. The van der Waals surface area contributed by atoms with E-state index in [0.717, 1.165) is 39.1 Å². The summed E-state index contributed by atoms with van der Waals surface area (Å²) in [6.07, 6.45) is 0. The second-order valence-electron chi connectivity index (χ2n) is 9.62. The average Bonchev–Trinajstić information content (AvgIpc) is 3.36. The van der Waals surface area contributed by atoms with Crippen LogP contribution in [0.15, 0.2) is 82.6 Å². The van der Waals surface area contributed by atoms with Gasteiger partial charge in [-0.25, -0.2) is 9.29 Å². The molecule has 1 aromatic heterocycles. The zero-order chi connectivity index (χ0) is 28.1. The van der Waals surface area contributed by atoms with Crippen molar-refractivity contribution in [2.75, 3.05) is 10.2 Å². The predicted octanol–water partition coefficient (Wildman–Crippen LogP) is 5.45. The van der Waals surface area contributed by atoms with E-state index in [1.807, 2.05) is 25.1 Å². The number of anilines is 2. The summed E-state index contributed by atoms with van der Waals surface area (Å²) in [5, 5.41) is 2.97. The van der Waals surface area contributed by atoms with Gasteiger partial charge in [-0.2, -0.15) is 0 Å². The number of halogens is 2. The molecule has 6 rings (SSSR count). The summed E-state index contributed by atoms with van der Waals surface area (Å²) in [6, 6.07) is 19.5. The van der Waals surface area contributed by atoms with Gasteiger partial charge in [-0.1, -0.05) is 59.0 Å².